The zero-order valence-corrected chi connectivity index (χ0v) is 20.1. The van der Waals surface area contributed by atoms with Crippen LogP contribution >= 0.6 is 0 Å². The van der Waals surface area contributed by atoms with E-state index >= 15 is 0 Å². The number of hydrogen-bond donors (Lipinski definition) is 3. The lowest BCUT2D eigenvalue weighted by Gasteiger charge is -2.23. The van der Waals surface area contributed by atoms with E-state index in [1.54, 1.807) is 6.20 Å². The van der Waals surface area contributed by atoms with E-state index in [9.17, 15) is 22.8 Å². The predicted octanol–water partition coefficient (Wildman–Crippen LogP) is 1.38. The molecule has 2 heterocycles. The topological polar surface area (TPSA) is 152 Å². The van der Waals surface area contributed by atoms with Gasteiger partial charge < -0.3 is 19.9 Å². The summed E-state index contributed by atoms with van der Waals surface area (Å²) in [5, 5.41) is 8.73. The van der Waals surface area contributed by atoms with Crippen LogP contribution in [0.1, 0.15) is 25.0 Å². The van der Waals surface area contributed by atoms with Gasteiger partial charge in [0.15, 0.2) is 6.61 Å². The van der Waals surface area contributed by atoms with Crippen LogP contribution in [0.4, 0.5) is 5.69 Å². The number of ether oxygens (including phenoxy) is 1. The number of carbonyl (C=O) groups is 3. The van der Waals surface area contributed by atoms with Crippen LogP contribution in [-0.4, -0.2) is 49.9 Å². The quantitative estimate of drug-likeness (QED) is 0.419. The van der Waals surface area contributed by atoms with Crippen molar-refractivity contribution in [3.8, 4) is 0 Å². The molecule has 184 valence electrons. The minimum absolute atomic E-state index is 0.0281. The molecular formula is C24H26N4O6S. The first-order chi connectivity index (χ1) is 16.5. The van der Waals surface area contributed by atoms with Gasteiger partial charge in [0.1, 0.15) is 6.04 Å². The summed E-state index contributed by atoms with van der Waals surface area (Å²) in [6, 6.07) is 10.7. The molecule has 10 nitrogen and oxygen atoms in total. The molecule has 4 rings (SSSR count). The van der Waals surface area contributed by atoms with Gasteiger partial charge in [0, 0.05) is 42.2 Å². The molecule has 3 aromatic rings. The zero-order valence-electron chi connectivity index (χ0n) is 19.3. The van der Waals surface area contributed by atoms with E-state index in [4.69, 9.17) is 9.88 Å². The largest absolute Gasteiger partial charge is 0.454 e. The first-order valence-electron chi connectivity index (χ1n) is 11.0. The summed E-state index contributed by atoms with van der Waals surface area (Å²) < 4.78 is 28.6. The van der Waals surface area contributed by atoms with E-state index < -0.39 is 40.5 Å². The van der Waals surface area contributed by atoms with Gasteiger partial charge in [-0.3, -0.25) is 9.59 Å². The average Bonchev–Trinajstić information content (AvgIpc) is 3.35. The van der Waals surface area contributed by atoms with Crippen molar-refractivity contribution in [3.05, 3.63) is 59.8 Å². The molecular weight excluding hydrogens is 472 g/mol. The number of amides is 2. The van der Waals surface area contributed by atoms with Crippen molar-refractivity contribution in [3.63, 3.8) is 0 Å². The number of aromatic nitrogens is 1. The molecule has 2 amide bonds. The first-order valence-corrected chi connectivity index (χ1v) is 12.6. The minimum atomic E-state index is -3.87. The smallest absolute Gasteiger partial charge is 0.329 e. The van der Waals surface area contributed by atoms with Gasteiger partial charge in [0.2, 0.25) is 15.9 Å². The van der Waals surface area contributed by atoms with Gasteiger partial charge >= 0.3 is 5.97 Å². The maximum absolute atomic E-state index is 13.0. The van der Waals surface area contributed by atoms with Crippen LogP contribution < -0.4 is 15.4 Å². The number of nitrogens with zero attached hydrogens (tertiary/aromatic N) is 1. The Bertz CT molecular complexity index is 1410. The Labute approximate surface area is 202 Å². The SMILES string of the molecule is CC(=O)N[C@@H](Cc1c[nH]c2ccccc12)C(=O)OCC(=O)N1c2ccc(S(N)(=O)=O)cc2CC1C. The van der Waals surface area contributed by atoms with Crippen LogP contribution in [0.3, 0.4) is 0 Å². The Morgan fingerprint density at radius 2 is 1.97 bits per heavy atom. The fraction of sp³-hybridized carbons (Fsp3) is 0.292. The molecule has 11 heteroatoms. The lowest BCUT2D eigenvalue weighted by atomic mass is 10.0. The number of anilines is 1. The number of primary sulfonamides is 1. The Morgan fingerprint density at radius 1 is 1.23 bits per heavy atom. The van der Waals surface area contributed by atoms with E-state index in [1.807, 2.05) is 31.2 Å². The van der Waals surface area contributed by atoms with E-state index in [0.29, 0.717) is 17.7 Å². The molecule has 0 aliphatic carbocycles. The monoisotopic (exact) mass is 498 g/mol. The second-order valence-corrected chi connectivity index (χ2v) is 10.1. The van der Waals surface area contributed by atoms with Gasteiger partial charge in [0.05, 0.1) is 4.90 Å². The molecule has 35 heavy (non-hydrogen) atoms. The van der Waals surface area contributed by atoms with Crippen LogP contribution in [0.15, 0.2) is 53.6 Å². The van der Waals surface area contributed by atoms with Gasteiger partial charge in [0.25, 0.3) is 5.91 Å². The Kier molecular flexibility index (Phi) is 6.64. The van der Waals surface area contributed by atoms with Crippen molar-refractivity contribution >= 4 is 44.4 Å². The fourth-order valence-corrected chi connectivity index (χ4v) is 4.99. The zero-order chi connectivity index (χ0) is 25.3. The highest BCUT2D eigenvalue weighted by Gasteiger charge is 2.33. The van der Waals surface area contributed by atoms with Crippen LogP contribution in [-0.2, 0) is 42.0 Å². The number of nitrogens with two attached hydrogens (primary N) is 1. The summed E-state index contributed by atoms with van der Waals surface area (Å²) >= 11 is 0. The van der Waals surface area contributed by atoms with Crippen molar-refractivity contribution in [2.24, 2.45) is 5.14 Å². The van der Waals surface area contributed by atoms with Crippen molar-refractivity contribution in [2.45, 2.75) is 43.7 Å². The highest BCUT2D eigenvalue weighted by Crippen LogP contribution is 2.33. The van der Waals surface area contributed by atoms with Gasteiger partial charge in [-0.05, 0) is 48.7 Å². The van der Waals surface area contributed by atoms with Gasteiger partial charge in [-0.1, -0.05) is 18.2 Å². The number of H-pyrrole nitrogens is 1. The van der Waals surface area contributed by atoms with E-state index in [1.165, 1.54) is 30.0 Å². The third-order valence-corrected chi connectivity index (χ3v) is 6.87. The molecule has 2 aromatic carbocycles. The van der Waals surface area contributed by atoms with E-state index in [-0.39, 0.29) is 17.4 Å². The minimum Gasteiger partial charge on any atom is -0.454 e. The molecule has 2 atom stereocenters. The van der Waals surface area contributed by atoms with Crippen molar-refractivity contribution in [1.29, 1.82) is 0 Å². The lowest BCUT2D eigenvalue weighted by Crippen LogP contribution is -2.44. The molecule has 0 saturated carbocycles. The van der Waals surface area contributed by atoms with Crippen LogP contribution in [0.25, 0.3) is 10.9 Å². The third-order valence-electron chi connectivity index (χ3n) is 5.96. The van der Waals surface area contributed by atoms with Crippen molar-refractivity contribution in [1.82, 2.24) is 10.3 Å². The summed E-state index contributed by atoms with van der Waals surface area (Å²) in [6.45, 7) is 2.59. The summed E-state index contributed by atoms with van der Waals surface area (Å²) in [5.41, 5.74) is 2.94. The number of rotatable bonds is 7. The number of sulfonamides is 1. The first kappa shape index (κ1) is 24.4. The normalized spacial score (nSPS) is 16.1. The maximum Gasteiger partial charge on any atom is 0.329 e. The maximum atomic E-state index is 13.0. The number of esters is 1. The number of para-hydroxylation sites is 1. The summed E-state index contributed by atoms with van der Waals surface area (Å²) in [7, 11) is -3.87. The van der Waals surface area contributed by atoms with Crippen molar-refractivity contribution < 1.29 is 27.5 Å². The number of benzene rings is 2. The molecule has 1 aliphatic rings. The molecule has 0 bridgehead atoms. The summed E-state index contributed by atoms with van der Waals surface area (Å²) in [6.07, 6.45) is 2.40. The van der Waals surface area contributed by atoms with Crippen molar-refractivity contribution in [2.75, 3.05) is 11.5 Å². The second kappa shape index (κ2) is 9.51. The summed E-state index contributed by atoms with van der Waals surface area (Å²) in [5.74, 6) is -1.58. The Balaban J connectivity index is 1.46. The molecule has 1 unspecified atom stereocenters. The molecule has 4 N–H and O–H groups in total. The Morgan fingerprint density at radius 3 is 2.69 bits per heavy atom. The summed E-state index contributed by atoms with van der Waals surface area (Å²) in [4.78, 5) is 42.1. The van der Waals surface area contributed by atoms with Crippen LogP contribution in [0, 0.1) is 0 Å². The Hall–Kier alpha value is -3.70. The van der Waals surface area contributed by atoms with Crippen LogP contribution in [0.2, 0.25) is 0 Å². The average molecular weight is 499 g/mol. The third kappa shape index (κ3) is 5.20. The number of carbonyl (C=O) groups excluding carboxylic acids is 3. The second-order valence-electron chi connectivity index (χ2n) is 8.58. The number of hydrogen-bond acceptors (Lipinski definition) is 6. The molecule has 0 spiro atoms. The standard InChI is InChI=1S/C24H26N4O6S/c1-14-9-16-10-18(35(25,32)33)7-8-22(16)28(14)23(30)13-34-24(31)21(27-15(2)29)11-17-12-26-20-6-4-3-5-19(17)20/h3-8,10,12,14,21,26H,9,11,13H2,1-2H3,(H,27,29)(H2,25,32,33)/t14?,21-/m0/s1. The fourth-order valence-electron chi connectivity index (χ4n) is 4.43. The number of aromatic amines is 1. The van der Waals surface area contributed by atoms with E-state index in [0.717, 1.165) is 16.5 Å². The molecule has 0 radical (unpaired) electrons. The predicted molar refractivity (Wildman–Crippen MR) is 129 cm³/mol. The van der Waals surface area contributed by atoms with Gasteiger partial charge in [-0.2, -0.15) is 0 Å². The van der Waals surface area contributed by atoms with E-state index in [2.05, 4.69) is 10.3 Å². The van der Waals surface area contributed by atoms with Gasteiger partial charge in [-0.25, -0.2) is 18.4 Å². The highest BCUT2D eigenvalue weighted by atomic mass is 32.2. The lowest BCUT2D eigenvalue weighted by molar-refractivity contribution is -0.151. The molecule has 1 aromatic heterocycles. The highest BCUT2D eigenvalue weighted by molar-refractivity contribution is 7.89. The molecule has 0 fully saturated rings. The molecule has 1 aliphatic heterocycles. The van der Waals surface area contributed by atoms with Crippen LogP contribution in [0.5, 0.6) is 0 Å². The molecule has 0 saturated heterocycles. The number of fused-ring (bicyclic) bond motifs is 2. The number of nitrogens with one attached hydrogen (secondary N) is 2. The van der Waals surface area contributed by atoms with Gasteiger partial charge in [-0.15, -0.1) is 0 Å².